The number of hydrogen-bond acceptors (Lipinski definition) is 8. The Bertz CT molecular complexity index is 915. The number of ether oxygens (including phenoxy) is 1. The molecule has 0 bridgehead atoms. The molecular weight excluding hydrogens is 384 g/mol. The lowest BCUT2D eigenvalue weighted by atomic mass is 10.1. The molecule has 0 heterocycles. The zero-order chi connectivity index (χ0) is 20.0. The molecule has 0 aromatic heterocycles. The van der Waals surface area contributed by atoms with Crippen LogP contribution in [0.4, 0.5) is 11.4 Å². The van der Waals surface area contributed by atoms with Crippen LogP contribution in [0.3, 0.4) is 0 Å². The zero-order valence-corrected chi connectivity index (χ0v) is 14.1. The van der Waals surface area contributed by atoms with Crippen molar-refractivity contribution in [2.75, 3.05) is 6.61 Å². The molecule has 0 spiro atoms. The molecule has 0 saturated carbocycles. The summed E-state index contributed by atoms with van der Waals surface area (Å²) in [5.74, 6) is -1.09. The van der Waals surface area contributed by atoms with E-state index in [1.54, 1.807) is 24.3 Å². The van der Waals surface area contributed by atoms with Crippen LogP contribution in [0.5, 0.6) is 11.5 Å². The SMILES string of the molecule is O=C(COc1ccc(Cl)cc1)N/N=C/c1cc([N+](=O)[O-])cc([N+](=O)[O-])c1O. The monoisotopic (exact) mass is 394 g/mol. The van der Waals surface area contributed by atoms with Gasteiger partial charge in [-0.15, -0.1) is 0 Å². The minimum Gasteiger partial charge on any atom is -0.502 e. The van der Waals surface area contributed by atoms with Crippen LogP contribution < -0.4 is 10.2 Å². The van der Waals surface area contributed by atoms with Crippen LogP contribution in [0.15, 0.2) is 41.5 Å². The highest BCUT2D eigenvalue weighted by molar-refractivity contribution is 6.30. The van der Waals surface area contributed by atoms with Crippen molar-refractivity contribution in [2.24, 2.45) is 5.10 Å². The van der Waals surface area contributed by atoms with Gasteiger partial charge in [0.05, 0.1) is 27.7 Å². The van der Waals surface area contributed by atoms with Crippen molar-refractivity contribution in [2.45, 2.75) is 0 Å². The van der Waals surface area contributed by atoms with Gasteiger partial charge in [0.1, 0.15) is 5.75 Å². The number of carbonyl (C=O) groups is 1. The number of nitrogens with one attached hydrogen (secondary N) is 1. The van der Waals surface area contributed by atoms with Crippen LogP contribution in [-0.2, 0) is 4.79 Å². The lowest BCUT2D eigenvalue weighted by Gasteiger charge is -2.05. The number of nitro benzene ring substituents is 2. The summed E-state index contributed by atoms with van der Waals surface area (Å²) in [6.07, 6.45) is 0.843. The van der Waals surface area contributed by atoms with Crippen molar-refractivity contribution in [3.05, 3.63) is 67.2 Å². The number of benzene rings is 2. The number of rotatable bonds is 7. The highest BCUT2D eigenvalue weighted by atomic mass is 35.5. The number of nitro groups is 2. The standard InChI is InChI=1S/C15H11ClN4O7/c16-10-1-3-12(4-2-10)27-8-14(21)18-17-7-9-5-11(19(23)24)6-13(15(9)22)20(25)26/h1-7,22H,8H2,(H,18,21)/b17-7+. The summed E-state index contributed by atoms with van der Waals surface area (Å²) in [5.41, 5.74) is 0.285. The molecule has 0 radical (unpaired) electrons. The average Bonchev–Trinajstić information content (AvgIpc) is 2.62. The maximum absolute atomic E-state index is 11.7. The molecule has 12 heteroatoms. The molecule has 1 amide bonds. The Morgan fingerprint density at radius 1 is 1.22 bits per heavy atom. The predicted octanol–water partition coefficient (Wildman–Crippen LogP) is 2.39. The number of amides is 1. The maximum Gasteiger partial charge on any atom is 0.318 e. The van der Waals surface area contributed by atoms with E-state index in [-0.39, 0.29) is 12.2 Å². The molecule has 0 saturated heterocycles. The van der Waals surface area contributed by atoms with Crippen molar-refractivity contribution in [1.29, 1.82) is 0 Å². The number of phenolic OH excluding ortho intramolecular Hbond substituents is 1. The number of carbonyl (C=O) groups excluding carboxylic acids is 1. The molecule has 11 nitrogen and oxygen atoms in total. The highest BCUT2D eigenvalue weighted by Crippen LogP contribution is 2.33. The normalized spacial score (nSPS) is 10.6. The fourth-order valence-corrected chi connectivity index (χ4v) is 1.98. The first-order chi connectivity index (χ1) is 12.8. The van der Waals surface area contributed by atoms with Crippen LogP contribution in [0.2, 0.25) is 5.02 Å². The molecule has 0 atom stereocenters. The molecule has 2 rings (SSSR count). The van der Waals surface area contributed by atoms with Gasteiger partial charge in [-0.3, -0.25) is 25.0 Å². The third-order valence-electron chi connectivity index (χ3n) is 3.09. The van der Waals surface area contributed by atoms with Gasteiger partial charge in [0.25, 0.3) is 11.6 Å². The first-order valence-electron chi connectivity index (χ1n) is 7.14. The summed E-state index contributed by atoms with van der Waals surface area (Å²) < 4.78 is 5.18. The second-order valence-electron chi connectivity index (χ2n) is 4.95. The van der Waals surface area contributed by atoms with E-state index in [4.69, 9.17) is 16.3 Å². The quantitative estimate of drug-likeness (QED) is 0.414. The minimum atomic E-state index is -0.974. The van der Waals surface area contributed by atoms with Gasteiger partial charge in [0.15, 0.2) is 6.61 Å². The molecule has 2 aromatic carbocycles. The minimum absolute atomic E-state index is 0.310. The Hall–Kier alpha value is -3.73. The Balaban J connectivity index is 2.04. The van der Waals surface area contributed by atoms with Gasteiger partial charge in [-0.1, -0.05) is 11.6 Å². The number of nitrogens with zero attached hydrogens (tertiary/aromatic N) is 3. The Kier molecular flexibility index (Phi) is 6.23. The van der Waals surface area contributed by atoms with Crippen LogP contribution >= 0.6 is 11.6 Å². The Morgan fingerprint density at radius 2 is 1.89 bits per heavy atom. The molecule has 2 N–H and O–H groups in total. The number of non-ortho nitro benzene ring substituents is 1. The third-order valence-corrected chi connectivity index (χ3v) is 3.34. The first-order valence-corrected chi connectivity index (χ1v) is 7.52. The summed E-state index contributed by atoms with van der Waals surface area (Å²) in [5, 5.41) is 35.5. The zero-order valence-electron chi connectivity index (χ0n) is 13.4. The van der Waals surface area contributed by atoms with E-state index in [0.717, 1.165) is 12.3 Å². The second-order valence-corrected chi connectivity index (χ2v) is 5.39. The maximum atomic E-state index is 11.7. The Labute approximate surface area is 156 Å². The van der Waals surface area contributed by atoms with Gasteiger partial charge in [-0.05, 0) is 24.3 Å². The smallest absolute Gasteiger partial charge is 0.318 e. The topological polar surface area (TPSA) is 157 Å². The van der Waals surface area contributed by atoms with Crippen molar-refractivity contribution < 1.29 is 24.5 Å². The largest absolute Gasteiger partial charge is 0.502 e. The summed E-state index contributed by atoms with van der Waals surface area (Å²) in [4.78, 5) is 31.5. The number of hydrogen-bond donors (Lipinski definition) is 2. The number of phenols is 1. The predicted molar refractivity (Wildman–Crippen MR) is 94.1 cm³/mol. The van der Waals surface area contributed by atoms with E-state index in [1.165, 1.54) is 0 Å². The molecule has 27 heavy (non-hydrogen) atoms. The van der Waals surface area contributed by atoms with Gasteiger partial charge < -0.3 is 9.84 Å². The summed E-state index contributed by atoms with van der Waals surface area (Å²) >= 11 is 5.72. The van der Waals surface area contributed by atoms with Crippen LogP contribution in [0.1, 0.15) is 5.56 Å². The van der Waals surface area contributed by atoms with E-state index in [1.807, 2.05) is 0 Å². The van der Waals surface area contributed by atoms with Crippen molar-refractivity contribution in [3.8, 4) is 11.5 Å². The third kappa shape index (κ3) is 5.37. The lowest BCUT2D eigenvalue weighted by Crippen LogP contribution is -2.24. The van der Waals surface area contributed by atoms with Crippen LogP contribution in [-0.4, -0.2) is 33.7 Å². The van der Waals surface area contributed by atoms with Gasteiger partial charge >= 0.3 is 5.69 Å². The van der Waals surface area contributed by atoms with E-state index >= 15 is 0 Å². The fraction of sp³-hybridized carbons (Fsp3) is 0.0667. The van der Waals surface area contributed by atoms with Crippen LogP contribution in [0, 0.1) is 20.2 Å². The number of hydrazone groups is 1. The summed E-state index contributed by atoms with van der Waals surface area (Å²) in [6, 6.07) is 7.75. The first kappa shape index (κ1) is 19.6. The highest BCUT2D eigenvalue weighted by Gasteiger charge is 2.23. The number of aromatic hydroxyl groups is 1. The van der Waals surface area contributed by atoms with Crippen LogP contribution in [0.25, 0.3) is 0 Å². The molecule has 0 aliphatic rings. The Morgan fingerprint density at radius 3 is 2.48 bits per heavy atom. The summed E-state index contributed by atoms with van der Waals surface area (Å²) in [7, 11) is 0. The molecule has 0 aliphatic carbocycles. The molecule has 140 valence electrons. The van der Waals surface area contributed by atoms with Crippen molar-refractivity contribution in [3.63, 3.8) is 0 Å². The fourth-order valence-electron chi connectivity index (χ4n) is 1.85. The average molecular weight is 395 g/mol. The van der Waals surface area contributed by atoms with E-state index < -0.39 is 32.9 Å². The van der Waals surface area contributed by atoms with Gasteiger partial charge in [-0.2, -0.15) is 5.10 Å². The molecule has 0 aliphatic heterocycles. The van der Waals surface area contributed by atoms with E-state index in [0.29, 0.717) is 16.8 Å². The molecule has 0 unspecified atom stereocenters. The molecule has 0 fully saturated rings. The van der Waals surface area contributed by atoms with Gasteiger partial charge in [-0.25, -0.2) is 5.43 Å². The molecular formula is C15H11ClN4O7. The van der Waals surface area contributed by atoms with E-state index in [2.05, 4.69) is 10.5 Å². The lowest BCUT2D eigenvalue weighted by molar-refractivity contribution is -0.394. The second kappa shape index (κ2) is 8.58. The molecule has 2 aromatic rings. The van der Waals surface area contributed by atoms with Crippen molar-refractivity contribution in [1.82, 2.24) is 5.43 Å². The van der Waals surface area contributed by atoms with E-state index in [9.17, 15) is 30.1 Å². The van der Waals surface area contributed by atoms with Gasteiger partial charge in [0, 0.05) is 11.1 Å². The number of halogens is 1. The summed E-state index contributed by atoms with van der Waals surface area (Å²) in [6.45, 7) is -0.389. The van der Waals surface area contributed by atoms with Crippen molar-refractivity contribution >= 4 is 35.1 Å². The van der Waals surface area contributed by atoms with Gasteiger partial charge in [0.2, 0.25) is 5.75 Å².